The molecule has 166 valence electrons. The highest BCUT2D eigenvalue weighted by molar-refractivity contribution is 5.84. The molecule has 3 aliphatic rings. The minimum Gasteiger partial charge on any atom is -0.491 e. The molecule has 2 N–H and O–H groups in total. The molecule has 3 rings (SSSR count). The quantitative estimate of drug-likeness (QED) is 0.655. The topological polar surface area (TPSA) is 76.7 Å². The molecular weight excluding hydrogens is 408 g/mol. The van der Waals surface area contributed by atoms with Crippen LogP contribution < -0.4 is 10.6 Å². The van der Waals surface area contributed by atoms with Gasteiger partial charge in [-0.2, -0.15) is 13.2 Å². The number of amides is 2. The highest BCUT2D eigenvalue weighted by atomic mass is 19.4. The Morgan fingerprint density at radius 3 is 2.70 bits per heavy atom. The van der Waals surface area contributed by atoms with Gasteiger partial charge in [-0.25, -0.2) is 4.39 Å². The summed E-state index contributed by atoms with van der Waals surface area (Å²) in [5.41, 5.74) is 0. The molecular formula is C20H24F4N2O4. The van der Waals surface area contributed by atoms with Gasteiger partial charge in [-0.1, -0.05) is 0 Å². The summed E-state index contributed by atoms with van der Waals surface area (Å²) >= 11 is 0. The van der Waals surface area contributed by atoms with E-state index in [9.17, 15) is 27.2 Å². The second-order valence-electron chi connectivity index (χ2n) is 7.57. The van der Waals surface area contributed by atoms with Gasteiger partial charge in [0.15, 0.2) is 0 Å². The molecule has 0 saturated heterocycles. The van der Waals surface area contributed by atoms with E-state index in [2.05, 4.69) is 10.6 Å². The molecule has 0 radical (unpaired) electrons. The standard InChI is InChI=1S/C20H24F4N2O4/c1-29-18-14(21)3-2-4-15(18)30-16-9-11(20(22,23)24)5-6-13(16)19(28)26-12-7-8-25-17(27)10-12/h3,7-9,11-13,15,18H,2,4-6,10H2,1H3,(H,25,27)(H,26,28). The van der Waals surface area contributed by atoms with E-state index < -0.39 is 48.0 Å². The smallest absolute Gasteiger partial charge is 0.395 e. The van der Waals surface area contributed by atoms with Crippen molar-refractivity contribution in [3.63, 3.8) is 0 Å². The van der Waals surface area contributed by atoms with Gasteiger partial charge in [-0.15, -0.1) is 0 Å². The van der Waals surface area contributed by atoms with Crippen LogP contribution >= 0.6 is 0 Å². The number of hydrogen-bond acceptors (Lipinski definition) is 4. The number of methoxy groups -OCH3 is 1. The normalized spacial score (nSPS) is 32.0. The maximum Gasteiger partial charge on any atom is 0.395 e. The summed E-state index contributed by atoms with van der Waals surface area (Å²) < 4.78 is 64.8. The van der Waals surface area contributed by atoms with E-state index in [1.807, 2.05) is 0 Å². The predicted octanol–water partition coefficient (Wildman–Crippen LogP) is 3.02. The van der Waals surface area contributed by atoms with Crippen LogP contribution in [0.2, 0.25) is 0 Å². The van der Waals surface area contributed by atoms with Crippen LogP contribution in [0.4, 0.5) is 17.6 Å². The van der Waals surface area contributed by atoms with Crippen molar-refractivity contribution in [2.24, 2.45) is 11.8 Å². The fraction of sp³-hybridized carbons (Fsp3) is 0.600. The average Bonchev–Trinajstić information content (AvgIpc) is 2.67. The molecule has 5 unspecified atom stereocenters. The molecule has 0 bridgehead atoms. The van der Waals surface area contributed by atoms with Crippen molar-refractivity contribution in [1.29, 1.82) is 0 Å². The van der Waals surface area contributed by atoms with E-state index in [4.69, 9.17) is 9.47 Å². The van der Waals surface area contributed by atoms with E-state index in [0.29, 0.717) is 12.8 Å². The second-order valence-corrected chi connectivity index (χ2v) is 7.57. The Labute approximate surface area is 171 Å². The summed E-state index contributed by atoms with van der Waals surface area (Å²) in [6.45, 7) is 0. The molecule has 30 heavy (non-hydrogen) atoms. The maximum absolute atomic E-state index is 14.1. The molecule has 0 fully saturated rings. The number of allylic oxidation sites excluding steroid dienone is 2. The number of ether oxygens (including phenoxy) is 2. The fourth-order valence-corrected chi connectivity index (χ4v) is 3.88. The molecule has 0 spiro atoms. The van der Waals surface area contributed by atoms with E-state index >= 15 is 0 Å². The summed E-state index contributed by atoms with van der Waals surface area (Å²) in [6, 6.07) is -0.561. The van der Waals surface area contributed by atoms with Crippen molar-refractivity contribution in [3.8, 4) is 0 Å². The lowest BCUT2D eigenvalue weighted by atomic mass is 9.85. The Kier molecular flexibility index (Phi) is 6.84. The highest BCUT2D eigenvalue weighted by Crippen LogP contribution is 2.40. The number of rotatable bonds is 5. The van der Waals surface area contributed by atoms with Gasteiger partial charge >= 0.3 is 6.18 Å². The highest BCUT2D eigenvalue weighted by Gasteiger charge is 2.44. The summed E-state index contributed by atoms with van der Waals surface area (Å²) in [5.74, 6) is -4.20. The molecule has 0 aromatic carbocycles. The number of hydrogen-bond donors (Lipinski definition) is 2. The first-order valence-electron chi connectivity index (χ1n) is 9.79. The van der Waals surface area contributed by atoms with E-state index in [1.54, 1.807) is 6.08 Å². The fourth-order valence-electron chi connectivity index (χ4n) is 3.88. The molecule has 10 heteroatoms. The summed E-state index contributed by atoms with van der Waals surface area (Å²) in [7, 11) is 1.29. The third kappa shape index (κ3) is 5.21. The minimum atomic E-state index is -4.47. The zero-order chi connectivity index (χ0) is 21.9. The van der Waals surface area contributed by atoms with Crippen LogP contribution in [0.3, 0.4) is 0 Å². The van der Waals surface area contributed by atoms with Gasteiger partial charge in [0, 0.05) is 13.3 Å². The Hall–Kier alpha value is -2.36. The van der Waals surface area contributed by atoms with Crippen LogP contribution in [0.25, 0.3) is 0 Å². The SMILES string of the molecule is COC1C(F)=CCCC1OC1=CC(C(F)(F)F)CCC1C(=O)NC1C=CNC(=O)C1. The Bertz CT molecular complexity index is 762. The first kappa shape index (κ1) is 22.3. The lowest BCUT2D eigenvalue weighted by Crippen LogP contribution is -2.45. The van der Waals surface area contributed by atoms with Crippen LogP contribution in [0.15, 0.2) is 36.0 Å². The van der Waals surface area contributed by atoms with Crippen LogP contribution in [0.5, 0.6) is 0 Å². The van der Waals surface area contributed by atoms with Crippen LogP contribution in [-0.2, 0) is 19.1 Å². The third-order valence-corrected chi connectivity index (χ3v) is 5.46. The zero-order valence-corrected chi connectivity index (χ0v) is 16.4. The van der Waals surface area contributed by atoms with Crippen molar-refractivity contribution in [3.05, 3.63) is 36.0 Å². The molecule has 6 nitrogen and oxygen atoms in total. The van der Waals surface area contributed by atoms with Crippen molar-refractivity contribution in [2.45, 2.75) is 56.5 Å². The first-order valence-corrected chi connectivity index (χ1v) is 9.79. The van der Waals surface area contributed by atoms with Crippen molar-refractivity contribution in [2.75, 3.05) is 7.11 Å². The van der Waals surface area contributed by atoms with E-state index in [1.165, 1.54) is 19.4 Å². The first-order chi connectivity index (χ1) is 14.2. The minimum absolute atomic E-state index is 0.0322. The number of nitrogens with one attached hydrogen (secondary N) is 2. The van der Waals surface area contributed by atoms with Gasteiger partial charge in [-0.05, 0) is 43.9 Å². The second kappa shape index (κ2) is 9.20. The zero-order valence-electron chi connectivity index (χ0n) is 16.4. The largest absolute Gasteiger partial charge is 0.491 e. The Morgan fingerprint density at radius 2 is 2.03 bits per heavy atom. The molecule has 0 aromatic heterocycles. The molecule has 0 aromatic rings. The molecule has 1 heterocycles. The van der Waals surface area contributed by atoms with Gasteiger partial charge in [-0.3, -0.25) is 9.59 Å². The molecule has 2 aliphatic carbocycles. The molecule has 2 amide bonds. The maximum atomic E-state index is 14.1. The summed E-state index contributed by atoms with van der Waals surface area (Å²) in [6.07, 6.45) is -0.693. The van der Waals surface area contributed by atoms with E-state index in [-0.39, 0.29) is 30.9 Å². The summed E-state index contributed by atoms with van der Waals surface area (Å²) in [4.78, 5) is 24.3. The van der Waals surface area contributed by atoms with Crippen LogP contribution in [0.1, 0.15) is 32.1 Å². The Balaban J connectivity index is 1.79. The van der Waals surface area contributed by atoms with Gasteiger partial charge in [0.2, 0.25) is 11.8 Å². The van der Waals surface area contributed by atoms with E-state index in [0.717, 1.165) is 6.08 Å². The van der Waals surface area contributed by atoms with Gasteiger partial charge in [0.05, 0.1) is 24.3 Å². The average molecular weight is 432 g/mol. The predicted molar refractivity (Wildman–Crippen MR) is 98.3 cm³/mol. The number of alkyl halides is 3. The lowest BCUT2D eigenvalue weighted by Gasteiger charge is -2.35. The van der Waals surface area contributed by atoms with Crippen LogP contribution in [-0.4, -0.2) is 43.4 Å². The summed E-state index contributed by atoms with van der Waals surface area (Å²) in [5, 5.41) is 5.15. The van der Waals surface area contributed by atoms with Crippen molar-refractivity contribution < 1.29 is 36.6 Å². The monoisotopic (exact) mass is 432 g/mol. The van der Waals surface area contributed by atoms with Gasteiger partial charge < -0.3 is 20.1 Å². The van der Waals surface area contributed by atoms with Gasteiger partial charge in [0.25, 0.3) is 0 Å². The van der Waals surface area contributed by atoms with Crippen molar-refractivity contribution in [1.82, 2.24) is 10.6 Å². The number of carbonyl (C=O) groups is 2. The Morgan fingerprint density at radius 1 is 1.27 bits per heavy atom. The van der Waals surface area contributed by atoms with Gasteiger partial charge in [0.1, 0.15) is 23.8 Å². The molecule has 1 aliphatic heterocycles. The number of halogens is 4. The molecule has 0 saturated carbocycles. The lowest BCUT2D eigenvalue weighted by molar-refractivity contribution is -0.168. The number of carbonyl (C=O) groups excluding carboxylic acids is 2. The van der Waals surface area contributed by atoms with Crippen molar-refractivity contribution >= 4 is 11.8 Å². The molecule has 5 atom stereocenters. The van der Waals surface area contributed by atoms with Crippen LogP contribution in [0, 0.1) is 11.8 Å². The third-order valence-electron chi connectivity index (χ3n) is 5.46.